The van der Waals surface area contributed by atoms with Gasteiger partial charge in [0.25, 0.3) is 0 Å². The zero-order valence-corrected chi connectivity index (χ0v) is 17.6. The maximum atomic E-state index is 12.7. The van der Waals surface area contributed by atoms with Crippen molar-refractivity contribution in [2.45, 2.75) is 0 Å². The minimum absolute atomic E-state index is 0.272. The summed E-state index contributed by atoms with van der Waals surface area (Å²) in [5, 5.41) is 18.2. The number of thiazole rings is 1. The van der Waals surface area contributed by atoms with E-state index < -0.39 is 6.03 Å². The van der Waals surface area contributed by atoms with Crippen molar-refractivity contribution in [2.24, 2.45) is 0 Å². The maximum Gasteiger partial charge on any atom is 0.323 e. The molecular weight excluding hydrogens is 463 g/mol. The average molecular weight is 473 g/mol. The Balaban J connectivity index is 1.42. The molecule has 0 aliphatic rings. The maximum absolute atomic E-state index is 12.7. The van der Waals surface area contributed by atoms with Crippen molar-refractivity contribution in [3.8, 4) is 16.4 Å². The number of hydrogen-bond donors (Lipinski definition) is 2. The van der Waals surface area contributed by atoms with E-state index in [2.05, 4.69) is 40.9 Å². The lowest BCUT2D eigenvalue weighted by molar-refractivity contribution is 0.262. The molecule has 5 heterocycles. The van der Waals surface area contributed by atoms with Crippen LogP contribution in [-0.4, -0.2) is 45.6 Å². The predicted octanol–water partition coefficient (Wildman–Crippen LogP) is 3.78. The Labute approximate surface area is 187 Å². The standard InChI is InChI=1S/C17H10Cl2N10OS/c18-10-3-9(5-22-16(10)29-23-1-2-24-29)25-17(30)26-11-6-21-14-4-13(19)27-28(14)15(11)12-7-20-8-31-12/h1-8H,(H2,25,26,30). The Morgan fingerprint density at radius 2 is 1.87 bits per heavy atom. The minimum Gasteiger partial charge on any atom is -0.306 e. The van der Waals surface area contributed by atoms with Crippen LogP contribution in [0.2, 0.25) is 10.2 Å². The number of aromatic nitrogens is 8. The predicted molar refractivity (Wildman–Crippen MR) is 116 cm³/mol. The first-order valence-corrected chi connectivity index (χ1v) is 10.3. The van der Waals surface area contributed by atoms with Crippen LogP contribution in [0.1, 0.15) is 0 Å². The first kappa shape index (κ1) is 19.4. The lowest BCUT2D eigenvalue weighted by Crippen LogP contribution is -2.21. The Kier molecular flexibility index (Phi) is 4.94. The highest BCUT2D eigenvalue weighted by atomic mass is 35.5. The van der Waals surface area contributed by atoms with Crippen LogP contribution in [0.15, 0.2) is 48.6 Å². The van der Waals surface area contributed by atoms with E-state index in [1.807, 2.05) is 0 Å². The molecule has 5 aromatic heterocycles. The van der Waals surface area contributed by atoms with Gasteiger partial charge in [-0.15, -0.1) is 16.1 Å². The van der Waals surface area contributed by atoms with E-state index in [-0.39, 0.29) is 10.2 Å². The summed E-state index contributed by atoms with van der Waals surface area (Å²) in [5.74, 6) is 0.343. The van der Waals surface area contributed by atoms with Gasteiger partial charge in [-0.25, -0.2) is 19.3 Å². The van der Waals surface area contributed by atoms with Crippen LogP contribution in [0.5, 0.6) is 0 Å². The fourth-order valence-electron chi connectivity index (χ4n) is 2.82. The molecule has 5 rings (SSSR count). The molecule has 154 valence electrons. The van der Waals surface area contributed by atoms with Gasteiger partial charge in [0, 0.05) is 12.3 Å². The molecule has 0 bridgehead atoms. The third-order valence-corrected chi connectivity index (χ3v) is 5.30. The topological polar surface area (TPSA) is 128 Å². The van der Waals surface area contributed by atoms with Gasteiger partial charge >= 0.3 is 6.03 Å². The summed E-state index contributed by atoms with van der Waals surface area (Å²) in [6, 6.07) is 2.65. The number of nitrogens with one attached hydrogen (secondary N) is 2. The number of nitrogens with zero attached hydrogens (tertiary/aromatic N) is 8. The summed E-state index contributed by atoms with van der Waals surface area (Å²) >= 11 is 13.7. The molecule has 0 fully saturated rings. The molecular formula is C17H10Cl2N10OS. The molecule has 0 atom stereocenters. The lowest BCUT2D eigenvalue weighted by Gasteiger charge is -2.12. The highest BCUT2D eigenvalue weighted by molar-refractivity contribution is 7.13. The van der Waals surface area contributed by atoms with Crippen molar-refractivity contribution in [3.63, 3.8) is 0 Å². The summed E-state index contributed by atoms with van der Waals surface area (Å²) < 4.78 is 1.55. The van der Waals surface area contributed by atoms with Gasteiger partial charge in [-0.3, -0.25) is 4.98 Å². The number of carbonyl (C=O) groups is 1. The SMILES string of the molecule is O=C(Nc1cnc(-n2nccn2)c(Cl)c1)Nc1cnc2cc(Cl)nn2c1-c1cncs1. The van der Waals surface area contributed by atoms with Gasteiger partial charge in [-0.2, -0.15) is 15.3 Å². The number of pyridine rings is 1. The van der Waals surface area contributed by atoms with Crippen molar-refractivity contribution >= 4 is 57.6 Å². The van der Waals surface area contributed by atoms with E-state index >= 15 is 0 Å². The molecule has 0 radical (unpaired) electrons. The van der Waals surface area contributed by atoms with Crippen molar-refractivity contribution in [2.75, 3.05) is 10.6 Å². The van der Waals surface area contributed by atoms with Crippen molar-refractivity contribution in [1.82, 2.24) is 39.6 Å². The zero-order chi connectivity index (χ0) is 21.4. The molecule has 31 heavy (non-hydrogen) atoms. The van der Waals surface area contributed by atoms with E-state index in [1.165, 1.54) is 40.9 Å². The van der Waals surface area contributed by atoms with Crippen LogP contribution in [0.4, 0.5) is 16.2 Å². The quantitative estimate of drug-likeness (QED) is 0.407. The Morgan fingerprint density at radius 3 is 2.61 bits per heavy atom. The second-order valence-corrected chi connectivity index (χ2v) is 7.73. The van der Waals surface area contributed by atoms with Crippen molar-refractivity contribution in [3.05, 3.63) is 58.8 Å². The molecule has 0 aromatic carbocycles. The second kappa shape index (κ2) is 7.91. The van der Waals surface area contributed by atoms with Crippen LogP contribution in [0.25, 0.3) is 22.0 Å². The van der Waals surface area contributed by atoms with Crippen molar-refractivity contribution < 1.29 is 4.79 Å². The van der Waals surface area contributed by atoms with Gasteiger partial charge in [-0.05, 0) is 6.07 Å². The van der Waals surface area contributed by atoms with Crippen LogP contribution >= 0.6 is 34.5 Å². The van der Waals surface area contributed by atoms with E-state index in [0.29, 0.717) is 28.5 Å². The van der Waals surface area contributed by atoms with Crippen molar-refractivity contribution in [1.29, 1.82) is 0 Å². The molecule has 0 spiro atoms. The lowest BCUT2D eigenvalue weighted by atomic mass is 10.3. The Hall–Kier alpha value is -3.61. The van der Waals surface area contributed by atoms with Gasteiger partial charge in [0.15, 0.2) is 16.6 Å². The second-order valence-electron chi connectivity index (χ2n) is 6.05. The number of hydrogen-bond acceptors (Lipinski definition) is 8. The number of urea groups is 1. The van der Waals surface area contributed by atoms with Crippen LogP contribution < -0.4 is 10.6 Å². The van der Waals surface area contributed by atoms with Crippen LogP contribution in [0.3, 0.4) is 0 Å². The minimum atomic E-state index is -0.520. The fraction of sp³-hybridized carbons (Fsp3) is 0. The molecule has 11 nitrogen and oxygen atoms in total. The van der Waals surface area contributed by atoms with Crippen LogP contribution in [-0.2, 0) is 0 Å². The largest absolute Gasteiger partial charge is 0.323 e. The number of halogens is 2. The summed E-state index contributed by atoms with van der Waals surface area (Å²) in [4.78, 5) is 27.3. The summed E-state index contributed by atoms with van der Waals surface area (Å²) in [6.07, 6.45) is 7.67. The summed E-state index contributed by atoms with van der Waals surface area (Å²) in [7, 11) is 0. The van der Waals surface area contributed by atoms with E-state index in [1.54, 1.807) is 28.4 Å². The number of anilines is 2. The third kappa shape index (κ3) is 3.79. The Morgan fingerprint density at radius 1 is 1.03 bits per heavy atom. The molecule has 0 aliphatic carbocycles. The molecule has 14 heteroatoms. The molecule has 2 N–H and O–H groups in total. The number of amides is 2. The van der Waals surface area contributed by atoms with Gasteiger partial charge in [-0.1, -0.05) is 23.2 Å². The third-order valence-electron chi connectivity index (χ3n) is 4.06. The number of rotatable bonds is 4. The summed E-state index contributed by atoms with van der Waals surface area (Å²) in [5.41, 5.74) is 3.63. The number of carbonyl (C=O) groups excluding carboxylic acids is 1. The smallest absolute Gasteiger partial charge is 0.306 e. The highest BCUT2D eigenvalue weighted by Crippen LogP contribution is 2.31. The van der Waals surface area contributed by atoms with Gasteiger partial charge in [0.05, 0.1) is 51.6 Å². The molecule has 0 saturated carbocycles. The van der Waals surface area contributed by atoms with Gasteiger partial charge in [0.1, 0.15) is 5.69 Å². The summed E-state index contributed by atoms with van der Waals surface area (Å²) in [6.45, 7) is 0. The molecule has 0 saturated heterocycles. The molecule has 0 unspecified atom stereocenters. The molecule has 0 aliphatic heterocycles. The normalized spacial score (nSPS) is 11.0. The van der Waals surface area contributed by atoms with E-state index in [4.69, 9.17) is 23.2 Å². The zero-order valence-electron chi connectivity index (χ0n) is 15.3. The van der Waals surface area contributed by atoms with Crippen LogP contribution in [0, 0.1) is 0 Å². The fourth-order valence-corrected chi connectivity index (χ4v) is 3.90. The monoisotopic (exact) mass is 472 g/mol. The van der Waals surface area contributed by atoms with E-state index in [9.17, 15) is 4.79 Å². The first-order chi connectivity index (χ1) is 15.1. The number of fused-ring (bicyclic) bond motifs is 1. The first-order valence-electron chi connectivity index (χ1n) is 8.62. The van der Waals surface area contributed by atoms with E-state index in [0.717, 1.165) is 4.88 Å². The molecule has 2 amide bonds. The van der Waals surface area contributed by atoms with Gasteiger partial charge < -0.3 is 10.6 Å². The highest BCUT2D eigenvalue weighted by Gasteiger charge is 2.17. The Bertz CT molecular complexity index is 1380. The van der Waals surface area contributed by atoms with Gasteiger partial charge in [0.2, 0.25) is 0 Å². The molecule has 5 aromatic rings. The average Bonchev–Trinajstić information content (AvgIpc) is 3.49.